The Morgan fingerprint density at radius 1 is 1.24 bits per heavy atom. The van der Waals surface area contributed by atoms with Gasteiger partial charge in [-0.15, -0.1) is 11.6 Å². The number of piperidine rings is 1. The highest BCUT2D eigenvalue weighted by atomic mass is 35.5. The summed E-state index contributed by atoms with van der Waals surface area (Å²) in [7, 11) is -3.01. The zero-order chi connectivity index (χ0) is 12.5. The Labute approximate surface area is 110 Å². The third kappa shape index (κ3) is 3.58. The molecule has 17 heavy (non-hydrogen) atoms. The third-order valence-corrected chi connectivity index (χ3v) is 6.00. The number of sulfonamides is 1. The van der Waals surface area contributed by atoms with Crippen molar-refractivity contribution in [3.63, 3.8) is 0 Å². The van der Waals surface area contributed by atoms with Crippen LogP contribution < -0.4 is 0 Å². The summed E-state index contributed by atoms with van der Waals surface area (Å²) in [5.41, 5.74) is 0. The molecule has 2 fully saturated rings. The highest BCUT2D eigenvalue weighted by Crippen LogP contribution is 2.36. The molecule has 0 radical (unpaired) electrons. The van der Waals surface area contributed by atoms with Gasteiger partial charge in [0.05, 0.1) is 6.26 Å². The summed E-state index contributed by atoms with van der Waals surface area (Å²) in [6, 6.07) is 0. The molecule has 2 aliphatic rings. The van der Waals surface area contributed by atoms with E-state index in [1.807, 2.05) is 0 Å². The second-order valence-corrected chi connectivity index (χ2v) is 8.11. The van der Waals surface area contributed by atoms with Gasteiger partial charge >= 0.3 is 0 Å². The van der Waals surface area contributed by atoms with Crippen LogP contribution in [0.4, 0.5) is 0 Å². The van der Waals surface area contributed by atoms with E-state index in [-0.39, 0.29) is 0 Å². The van der Waals surface area contributed by atoms with Crippen molar-refractivity contribution >= 4 is 21.6 Å². The standard InChI is InChI=1S/C12H22ClNO2S/c1-17(15,16)14-7-3-4-10(9-14)8-11-5-2-6-12(11)13/h10-12H,2-9H2,1H3. The van der Waals surface area contributed by atoms with Gasteiger partial charge in [0.15, 0.2) is 0 Å². The molecule has 5 heteroatoms. The molecule has 1 aliphatic heterocycles. The molecule has 3 unspecified atom stereocenters. The molecule has 1 heterocycles. The van der Waals surface area contributed by atoms with Gasteiger partial charge in [-0.1, -0.05) is 6.42 Å². The predicted octanol–water partition coefficient (Wildman–Crippen LogP) is 2.46. The van der Waals surface area contributed by atoms with Crippen molar-refractivity contribution in [3.05, 3.63) is 0 Å². The zero-order valence-corrected chi connectivity index (χ0v) is 12.0. The molecule has 1 aliphatic carbocycles. The van der Waals surface area contributed by atoms with Crippen LogP contribution in [0.15, 0.2) is 0 Å². The second-order valence-electron chi connectivity index (χ2n) is 5.57. The first kappa shape index (κ1) is 13.6. The van der Waals surface area contributed by atoms with Crippen LogP contribution in [0.5, 0.6) is 0 Å². The van der Waals surface area contributed by atoms with E-state index in [9.17, 15) is 8.42 Å². The molecular formula is C12H22ClNO2S. The van der Waals surface area contributed by atoms with E-state index < -0.39 is 10.0 Å². The van der Waals surface area contributed by atoms with E-state index in [1.54, 1.807) is 4.31 Å². The van der Waals surface area contributed by atoms with Gasteiger partial charge < -0.3 is 0 Å². The normalized spacial score (nSPS) is 36.2. The van der Waals surface area contributed by atoms with Gasteiger partial charge in [0.1, 0.15) is 0 Å². The number of hydrogen-bond donors (Lipinski definition) is 0. The number of halogens is 1. The van der Waals surface area contributed by atoms with E-state index in [0.717, 1.165) is 25.7 Å². The van der Waals surface area contributed by atoms with Gasteiger partial charge in [0.2, 0.25) is 10.0 Å². The average molecular weight is 280 g/mol. The summed E-state index contributed by atoms with van der Waals surface area (Å²) in [4.78, 5) is 0. The van der Waals surface area contributed by atoms with Crippen molar-refractivity contribution in [2.45, 2.75) is 43.9 Å². The maximum atomic E-state index is 11.5. The zero-order valence-electron chi connectivity index (χ0n) is 10.4. The first-order valence-electron chi connectivity index (χ1n) is 6.56. The quantitative estimate of drug-likeness (QED) is 0.744. The van der Waals surface area contributed by atoms with E-state index >= 15 is 0 Å². The first-order chi connectivity index (χ1) is 7.97. The number of rotatable bonds is 3. The lowest BCUT2D eigenvalue weighted by molar-refractivity contribution is 0.232. The van der Waals surface area contributed by atoms with E-state index in [4.69, 9.17) is 11.6 Å². The Morgan fingerprint density at radius 2 is 2.00 bits per heavy atom. The highest BCUT2D eigenvalue weighted by Gasteiger charge is 2.31. The number of alkyl halides is 1. The van der Waals surface area contributed by atoms with Crippen LogP contribution >= 0.6 is 11.6 Å². The summed E-state index contributed by atoms with van der Waals surface area (Å²) < 4.78 is 24.7. The Bertz CT molecular complexity index is 358. The maximum Gasteiger partial charge on any atom is 0.211 e. The van der Waals surface area contributed by atoms with E-state index in [1.165, 1.54) is 19.1 Å². The molecule has 0 aromatic carbocycles. The minimum atomic E-state index is -3.01. The van der Waals surface area contributed by atoms with Crippen molar-refractivity contribution in [1.29, 1.82) is 0 Å². The van der Waals surface area contributed by atoms with Gasteiger partial charge in [0.25, 0.3) is 0 Å². The lowest BCUT2D eigenvalue weighted by atomic mass is 9.88. The summed E-state index contributed by atoms with van der Waals surface area (Å²) in [6.07, 6.45) is 8.18. The molecule has 0 spiro atoms. The lowest BCUT2D eigenvalue weighted by Crippen LogP contribution is -2.39. The van der Waals surface area contributed by atoms with Gasteiger partial charge in [-0.2, -0.15) is 0 Å². The van der Waals surface area contributed by atoms with Crippen LogP contribution in [0.2, 0.25) is 0 Å². The predicted molar refractivity (Wildman–Crippen MR) is 70.7 cm³/mol. The molecule has 2 rings (SSSR count). The molecule has 0 bridgehead atoms. The second kappa shape index (κ2) is 5.45. The molecular weight excluding hydrogens is 258 g/mol. The topological polar surface area (TPSA) is 37.4 Å². The minimum Gasteiger partial charge on any atom is -0.213 e. The number of hydrogen-bond acceptors (Lipinski definition) is 2. The Balaban J connectivity index is 1.89. The SMILES string of the molecule is CS(=O)(=O)N1CCCC(CC2CCCC2Cl)C1. The minimum absolute atomic E-state index is 0.323. The first-order valence-corrected chi connectivity index (χ1v) is 8.84. The van der Waals surface area contributed by atoms with E-state index in [0.29, 0.717) is 30.3 Å². The monoisotopic (exact) mass is 279 g/mol. The molecule has 0 aromatic rings. The molecule has 1 saturated carbocycles. The molecule has 0 amide bonds. The Kier molecular flexibility index (Phi) is 4.37. The van der Waals surface area contributed by atoms with Gasteiger partial charge in [-0.25, -0.2) is 12.7 Å². The average Bonchev–Trinajstić information content (AvgIpc) is 2.64. The fourth-order valence-electron chi connectivity index (χ4n) is 3.21. The summed E-state index contributed by atoms with van der Waals surface area (Å²) in [5, 5.41) is 0.323. The van der Waals surface area contributed by atoms with Crippen molar-refractivity contribution in [2.24, 2.45) is 11.8 Å². The third-order valence-electron chi connectivity index (χ3n) is 4.15. The van der Waals surface area contributed by atoms with Gasteiger partial charge in [-0.3, -0.25) is 0 Å². The fourth-order valence-corrected chi connectivity index (χ4v) is 4.53. The highest BCUT2D eigenvalue weighted by molar-refractivity contribution is 7.88. The van der Waals surface area contributed by atoms with Crippen molar-refractivity contribution in [2.75, 3.05) is 19.3 Å². The molecule has 100 valence electrons. The molecule has 1 saturated heterocycles. The summed E-state index contributed by atoms with van der Waals surface area (Å²) >= 11 is 6.29. The van der Waals surface area contributed by atoms with Crippen molar-refractivity contribution in [3.8, 4) is 0 Å². The fraction of sp³-hybridized carbons (Fsp3) is 1.00. The number of nitrogens with zero attached hydrogens (tertiary/aromatic N) is 1. The Hall–Kier alpha value is 0.200. The largest absolute Gasteiger partial charge is 0.213 e. The summed E-state index contributed by atoms with van der Waals surface area (Å²) in [6.45, 7) is 1.41. The van der Waals surface area contributed by atoms with Gasteiger partial charge in [-0.05, 0) is 43.9 Å². The van der Waals surface area contributed by atoms with E-state index in [2.05, 4.69) is 0 Å². The van der Waals surface area contributed by atoms with Crippen LogP contribution in [0, 0.1) is 11.8 Å². The Morgan fingerprint density at radius 3 is 2.59 bits per heavy atom. The summed E-state index contributed by atoms with van der Waals surface area (Å²) in [5.74, 6) is 1.13. The van der Waals surface area contributed by atoms with Crippen LogP contribution in [0.3, 0.4) is 0 Å². The van der Waals surface area contributed by atoms with Crippen LogP contribution in [0.25, 0.3) is 0 Å². The van der Waals surface area contributed by atoms with Crippen LogP contribution in [0.1, 0.15) is 38.5 Å². The van der Waals surface area contributed by atoms with Crippen molar-refractivity contribution in [1.82, 2.24) is 4.31 Å². The lowest BCUT2D eigenvalue weighted by Gasteiger charge is -2.32. The van der Waals surface area contributed by atoms with Gasteiger partial charge in [0, 0.05) is 18.5 Å². The molecule has 3 nitrogen and oxygen atoms in total. The molecule has 0 N–H and O–H groups in total. The van der Waals surface area contributed by atoms with Crippen LogP contribution in [-0.4, -0.2) is 37.4 Å². The smallest absolute Gasteiger partial charge is 0.211 e. The van der Waals surface area contributed by atoms with Crippen LogP contribution in [-0.2, 0) is 10.0 Å². The maximum absolute atomic E-state index is 11.5. The van der Waals surface area contributed by atoms with Crippen molar-refractivity contribution < 1.29 is 8.42 Å². The molecule has 3 atom stereocenters. The molecule has 0 aromatic heterocycles.